The van der Waals surface area contributed by atoms with Crippen molar-refractivity contribution < 1.29 is 17.6 Å². The number of anilines is 1. The molecule has 0 fully saturated rings. The Labute approximate surface area is 151 Å². The van der Waals surface area contributed by atoms with Gasteiger partial charge in [0.2, 0.25) is 15.9 Å². The van der Waals surface area contributed by atoms with Gasteiger partial charge in [-0.3, -0.25) is 4.79 Å². The number of rotatable bonds is 5. The van der Waals surface area contributed by atoms with E-state index in [-0.39, 0.29) is 22.2 Å². The highest BCUT2D eigenvalue weighted by Crippen LogP contribution is 2.20. The van der Waals surface area contributed by atoms with Crippen LogP contribution in [0.5, 0.6) is 0 Å². The van der Waals surface area contributed by atoms with Crippen molar-refractivity contribution in [3.8, 4) is 0 Å². The maximum Gasteiger partial charge on any atom is 0.243 e. The van der Waals surface area contributed by atoms with Gasteiger partial charge < -0.3 is 5.32 Å². The molecule has 0 radical (unpaired) electrons. The summed E-state index contributed by atoms with van der Waals surface area (Å²) in [6, 6.07) is 8.51. The number of amides is 1. The fraction of sp³-hybridized carbons (Fsp3) is 0.235. The molecule has 0 saturated heterocycles. The van der Waals surface area contributed by atoms with E-state index in [2.05, 4.69) is 5.32 Å². The van der Waals surface area contributed by atoms with Gasteiger partial charge in [-0.1, -0.05) is 17.7 Å². The van der Waals surface area contributed by atoms with Crippen LogP contribution in [0.3, 0.4) is 0 Å². The van der Waals surface area contributed by atoms with Crippen LogP contribution in [0.25, 0.3) is 0 Å². The number of nitrogens with one attached hydrogen (secondary N) is 1. The highest BCUT2D eigenvalue weighted by Gasteiger charge is 2.23. The van der Waals surface area contributed by atoms with Gasteiger partial charge in [0, 0.05) is 12.7 Å². The van der Waals surface area contributed by atoms with Crippen LogP contribution in [0.1, 0.15) is 11.1 Å². The lowest BCUT2D eigenvalue weighted by Gasteiger charge is -2.17. The normalized spacial score (nSPS) is 11.6. The predicted octanol–water partition coefficient (Wildman–Crippen LogP) is 3.36. The highest BCUT2D eigenvalue weighted by atomic mass is 35.5. The third-order valence-electron chi connectivity index (χ3n) is 3.76. The summed E-state index contributed by atoms with van der Waals surface area (Å²) in [4.78, 5) is 12.2. The summed E-state index contributed by atoms with van der Waals surface area (Å²) in [6.45, 7) is 3.32. The Kier molecular flexibility index (Phi) is 5.82. The molecule has 0 spiro atoms. The Morgan fingerprint density at radius 2 is 1.84 bits per heavy atom. The van der Waals surface area contributed by atoms with Crippen molar-refractivity contribution in [1.29, 1.82) is 0 Å². The first kappa shape index (κ1) is 19.4. The van der Waals surface area contributed by atoms with Crippen LogP contribution < -0.4 is 5.32 Å². The minimum absolute atomic E-state index is 0.121. The molecule has 0 atom stereocenters. The summed E-state index contributed by atoms with van der Waals surface area (Å²) >= 11 is 5.65. The molecule has 5 nitrogen and oxygen atoms in total. The Balaban J connectivity index is 2.11. The van der Waals surface area contributed by atoms with Gasteiger partial charge in [-0.05, 0) is 55.3 Å². The van der Waals surface area contributed by atoms with E-state index in [9.17, 15) is 17.6 Å². The summed E-state index contributed by atoms with van der Waals surface area (Å²) in [5, 5.41) is 2.36. The molecule has 0 aliphatic rings. The van der Waals surface area contributed by atoms with E-state index < -0.39 is 21.7 Å². The molecule has 134 valence electrons. The zero-order chi connectivity index (χ0) is 18.8. The number of hydrogen-bond acceptors (Lipinski definition) is 3. The molecule has 0 bridgehead atoms. The third kappa shape index (κ3) is 4.56. The first-order valence-corrected chi connectivity index (χ1v) is 9.21. The largest absolute Gasteiger partial charge is 0.325 e. The van der Waals surface area contributed by atoms with E-state index in [1.807, 2.05) is 13.8 Å². The number of likely N-dealkylation sites (N-methyl/N-ethyl adjacent to an activating group) is 1. The molecule has 2 rings (SSSR count). The van der Waals surface area contributed by atoms with Crippen LogP contribution in [0, 0.1) is 19.7 Å². The molecule has 1 N–H and O–H groups in total. The summed E-state index contributed by atoms with van der Waals surface area (Å²) in [5.41, 5.74) is 2.11. The maximum absolute atomic E-state index is 13.1. The molecule has 0 saturated carbocycles. The van der Waals surface area contributed by atoms with Crippen molar-refractivity contribution in [1.82, 2.24) is 4.31 Å². The number of nitrogens with zero attached hydrogens (tertiary/aromatic N) is 1. The Morgan fingerprint density at radius 3 is 2.44 bits per heavy atom. The molecule has 0 aliphatic heterocycles. The first-order valence-electron chi connectivity index (χ1n) is 7.40. The average Bonchev–Trinajstić information content (AvgIpc) is 2.53. The zero-order valence-electron chi connectivity index (χ0n) is 14.0. The number of carbonyl (C=O) groups is 1. The molecule has 2 aromatic rings. The van der Waals surface area contributed by atoms with Crippen molar-refractivity contribution in [2.75, 3.05) is 18.9 Å². The number of sulfonamides is 1. The Bertz CT molecular complexity index is 916. The van der Waals surface area contributed by atoms with Crippen LogP contribution in [0.4, 0.5) is 10.1 Å². The van der Waals surface area contributed by atoms with E-state index >= 15 is 0 Å². The van der Waals surface area contributed by atoms with Crippen LogP contribution in [-0.4, -0.2) is 32.2 Å². The van der Waals surface area contributed by atoms with Crippen LogP contribution in [0.2, 0.25) is 5.02 Å². The smallest absolute Gasteiger partial charge is 0.243 e. The number of hydrogen-bond donors (Lipinski definition) is 1. The minimum atomic E-state index is -3.79. The fourth-order valence-electron chi connectivity index (χ4n) is 2.12. The molecule has 8 heteroatoms. The molecular formula is C17H18ClFN2O3S. The van der Waals surface area contributed by atoms with Gasteiger partial charge in [0.05, 0.1) is 16.5 Å². The van der Waals surface area contributed by atoms with Gasteiger partial charge in [-0.25, -0.2) is 12.8 Å². The SMILES string of the molecule is Cc1ccc(S(=O)(=O)N(C)CC(=O)Nc2ccc(F)c(Cl)c2)cc1C. The molecule has 2 aromatic carbocycles. The lowest BCUT2D eigenvalue weighted by molar-refractivity contribution is -0.116. The van der Waals surface area contributed by atoms with Crippen molar-refractivity contribution in [3.63, 3.8) is 0 Å². The number of benzene rings is 2. The summed E-state index contributed by atoms with van der Waals surface area (Å²) < 4.78 is 39.2. The molecule has 0 aromatic heterocycles. The summed E-state index contributed by atoms with van der Waals surface area (Å²) in [7, 11) is -2.47. The standard InChI is InChI=1S/C17H18ClFN2O3S/c1-11-4-6-14(8-12(11)2)25(23,24)21(3)10-17(22)20-13-5-7-16(19)15(18)9-13/h4-9H,10H2,1-3H3,(H,20,22). The van der Waals surface area contributed by atoms with Crippen LogP contribution >= 0.6 is 11.6 Å². The molecule has 25 heavy (non-hydrogen) atoms. The molecule has 0 unspecified atom stereocenters. The second kappa shape index (κ2) is 7.51. The summed E-state index contributed by atoms with van der Waals surface area (Å²) in [6.07, 6.45) is 0. The van der Waals surface area contributed by atoms with Gasteiger partial charge in [-0.15, -0.1) is 0 Å². The predicted molar refractivity (Wildman–Crippen MR) is 95.8 cm³/mol. The fourth-order valence-corrected chi connectivity index (χ4v) is 3.51. The number of halogens is 2. The van der Waals surface area contributed by atoms with E-state index in [0.29, 0.717) is 0 Å². The van der Waals surface area contributed by atoms with Crippen molar-refractivity contribution in [3.05, 3.63) is 58.4 Å². The number of carbonyl (C=O) groups excluding carboxylic acids is 1. The van der Waals surface area contributed by atoms with E-state index in [1.54, 1.807) is 12.1 Å². The topological polar surface area (TPSA) is 66.5 Å². The minimum Gasteiger partial charge on any atom is -0.325 e. The van der Waals surface area contributed by atoms with Gasteiger partial charge >= 0.3 is 0 Å². The van der Waals surface area contributed by atoms with Gasteiger partial charge in [-0.2, -0.15) is 4.31 Å². The third-order valence-corrected chi connectivity index (χ3v) is 5.85. The zero-order valence-corrected chi connectivity index (χ0v) is 15.6. The van der Waals surface area contributed by atoms with E-state index in [0.717, 1.165) is 21.5 Å². The van der Waals surface area contributed by atoms with Gasteiger partial charge in [0.15, 0.2) is 0 Å². The lowest BCUT2D eigenvalue weighted by Crippen LogP contribution is -2.35. The Morgan fingerprint density at radius 1 is 1.16 bits per heavy atom. The molecule has 0 aliphatic carbocycles. The molecular weight excluding hydrogens is 367 g/mol. The second-order valence-electron chi connectivity index (χ2n) is 5.68. The maximum atomic E-state index is 13.1. The first-order chi connectivity index (χ1) is 11.6. The average molecular weight is 385 g/mol. The highest BCUT2D eigenvalue weighted by molar-refractivity contribution is 7.89. The Hall–Kier alpha value is -1.96. The van der Waals surface area contributed by atoms with Crippen molar-refractivity contribution >= 4 is 33.2 Å². The summed E-state index contributed by atoms with van der Waals surface area (Å²) in [5.74, 6) is -1.16. The second-order valence-corrected chi connectivity index (χ2v) is 8.14. The van der Waals surface area contributed by atoms with Crippen LogP contribution in [0.15, 0.2) is 41.3 Å². The quantitative estimate of drug-likeness (QED) is 0.859. The van der Waals surface area contributed by atoms with Crippen LogP contribution in [-0.2, 0) is 14.8 Å². The van der Waals surface area contributed by atoms with Gasteiger partial charge in [0.1, 0.15) is 5.82 Å². The van der Waals surface area contributed by atoms with Gasteiger partial charge in [0.25, 0.3) is 0 Å². The van der Waals surface area contributed by atoms with Crippen molar-refractivity contribution in [2.24, 2.45) is 0 Å². The lowest BCUT2D eigenvalue weighted by atomic mass is 10.1. The monoisotopic (exact) mass is 384 g/mol. The molecule has 0 heterocycles. The van der Waals surface area contributed by atoms with E-state index in [1.165, 1.54) is 25.2 Å². The molecule has 1 amide bonds. The number of aryl methyl sites for hydroxylation is 2. The van der Waals surface area contributed by atoms with E-state index in [4.69, 9.17) is 11.6 Å². The van der Waals surface area contributed by atoms with Crippen molar-refractivity contribution in [2.45, 2.75) is 18.7 Å².